The van der Waals surface area contributed by atoms with Gasteiger partial charge in [-0.1, -0.05) is 0 Å². The minimum atomic E-state index is -0.643. The van der Waals surface area contributed by atoms with Crippen LogP contribution in [0.25, 0.3) is 0 Å². The van der Waals surface area contributed by atoms with Gasteiger partial charge in [-0.25, -0.2) is 0 Å². The Morgan fingerprint density at radius 1 is 1.44 bits per heavy atom. The van der Waals surface area contributed by atoms with Crippen LogP contribution in [0.2, 0.25) is 0 Å². The molecule has 0 aromatic rings. The van der Waals surface area contributed by atoms with Crippen molar-refractivity contribution in [1.82, 2.24) is 10.6 Å². The van der Waals surface area contributed by atoms with Gasteiger partial charge in [-0.2, -0.15) is 0 Å². The van der Waals surface area contributed by atoms with E-state index < -0.39 is 11.5 Å². The second-order valence-electron chi connectivity index (χ2n) is 5.00. The first-order valence-electron chi connectivity index (χ1n) is 5.54. The molecule has 16 heavy (non-hydrogen) atoms. The van der Waals surface area contributed by atoms with E-state index in [2.05, 4.69) is 10.6 Å². The Hall–Kier alpha value is -0.770. The van der Waals surface area contributed by atoms with Crippen LogP contribution >= 0.6 is 11.6 Å². The van der Waals surface area contributed by atoms with Crippen LogP contribution in [-0.2, 0) is 9.59 Å². The highest BCUT2D eigenvalue weighted by molar-refractivity contribution is 6.19. The summed E-state index contributed by atoms with van der Waals surface area (Å²) in [5.41, 5.74) is -0.643. The van der Waals surface area contributed by atoms with Crippen molar-refractivity contribution in [2.24, 2.45) is 5.41 Å². The van der Waals surface area contributed by atoms with E-state index in [1.165, 1.54) is 0 Å². The van der Waals surface area contributed by atoms with Gasteiger partial charge in [0, 0.05) is 11.9 Å². The lowest BCUT2D eigenvalue weighted by molar-refractivity contribution is -0.133. The van der Waals surface area contributed by atoms with E-state index in [1.54, 1.807) is 20.8 Å². The smallest absolute Gasteiger partial charge is 0.242 e. The molecule has 0 aliphatic heterocycles. The van der Waals surface area contributed by atoms with Crippen LogP contribution in [0.15, 0.2) is 0 Å². The minimum absolute atomic E-state index is 0.124. The standard InChI is InChI=1S/C11H19ClN2O2/c1-7(9(15)14-8-4-5-8)13-10(16)11(2,3)6-12/h7-8H,4-6H2,1-3H3,(H,13,16)(H,14,15). The SMILES string of the molecule is CC(NC(=O)C(C)(C)CCl)C(=O)NC1CC1. The molecule has 1 fully saturated rings. The summed E-state index contributed by atoms with van der Waals surface area (Å²) >= 11 is 5.68. The zero-order valence-corrected chi connectivity index (χ0v) is 10.7. The lowest BCUT2D eigenvalue weighted by atomic mass is 9.95. The molecule has 1 rings (SSSR count). The van der Waals surface area contributed by atoms with Crippen molar-refractivity contribution in [3.8, 4) is 0 Å². The third-order valence-corrected chi connectivity index (χ3v) is 3.28. The maximum atomic E-state index is 11.7. The van der Waals surface area contributed by atoms with E-state index >= 15 is 0 Å². The van der Waals surface area contributed by atoms with Crippen molar-refractivity contribution >= 4 is 23.4 Å². The third kappa shape index (κ3) is 3.67. The fourth-order valence-corrected chi connectivity index (χ4v) is 1.19. The molecule has 0 bridgehead atoms. The maximum Gasteiger partial charge on any atom is 0.242 e. The minimum Gasteiger partial charge on any atom is -0.352 e. The summed E-state index contributed by atoms with van der Waals surface area (Å²) < 4.78 is 0. The van der Waals surface area contributed by atoms with Gasteiger partial charge in [0.2, 0.25) is 11.8 Å². The molecular formula is C11H19ClN2O2. The Morgan fingerprint density at radius 3 is 2.44 bits per heavy atom. The molecule has 4 nitrogen and oxygen atoms in total. The highest BCUT2D eigenvalue weighted by Crippen LogP contribution is 2.19. The van der Waals surface area contributed by atoms with E-state index in [1.807, 2.05) is 0 Å². The van der Waals surface area contributed by atoms with Gasteiger partial charge in [-0.05, 0) is 33.6 Å². The predicted molar refractivity (Wildman–Crippen MR) is 63.3 cm³/mol. The first-order valence-corrected chi connectivity index (χ1v) is 6.07. The molecule has 0 heterocycles. The molecule has 1 unspecified atom stereocenters. The van der Waals surface area contributed by atoms with Crippen molar-refractivity contribution in [3.63, 3.8) is 0 Å². The molecule has 1 aliphatic rings. The van der Waals surface area contributed by atoms with Gasteiger partial charge < -0.3 is 10.6 Å². The van der Waals surface area contributed by atoms with Crippen molar-refractivity contribution in [3.05, 3.63) is 0 Å². The van der Waals surface area contributed by atoms with Crippen LogP contribution in [0, 0.1) is 5.41 Å². The fraction of sp³-hybridized carbons (Fsp3) is 0.818. The molecule has 1 saturated carbocycles. The monoisotopic (exact) mass is 246 g/mol. The molecule has 2 N–H and O–H groups in total. The van der Waals surface area contributed by atoms with Gasteiger partial charge in [0.25, 0.3) is 0 Å². The molecule has 5 heteroatoms. The molecule has 1 aliphatic carbocycles. The Morgan fingerprint density at radius 2 is 2.00 bits per heavy atom. The molecule has 0 saturated heterocycles. The van der Waals surface area contributed by atoms with Gasteiger partial charge in [0.1, 0.15) is 6.04 Å². The Balaban J connectivity index is 2.40. The van der Waals surface area contributed by atoms with Crippen molar-refractivity contribution in [2.45, 2.75) is 45.7 Å². The van der Waals surface area contributed by atoms with Crippen LogP contribution in [0.5, 0.6) is 0 Å². The van der Waals surface area contributed by atoms with Gasteiger partial charge in [0.05, 0.1) is 5.41 Å². The summed E-state index contributed by atoms with van der Waals surface area (Å²) in [6, 6.07) is -0.191. The summed E-state index contributed by atoms with van der Waals surface area (Å²) in [4.78, 5) is 23.3. The van der Waals surface area contributed by atoms with E-state index in [9.17, 15) is 9.59 Å². The van der Waals surface area contributed by atoms with Crippen LogP contribution < -0.4 is 10.6 Å². The highest BCUT2D eigenvalue weighted by Gasteiger charge is 2.30. The molecule has 0 aromatic carbocycles. The molecule has 0 spiro atoms. The largest absolute Gasteiger partial charge is 0.352 e. The third-order valence-electron chi connectivity index (χ3n) is 2.61. The van der Waals surface area contributed by atoms with Crippen molar-refractivity contribution in [1.29, 1.82) is 0 Å². The highest BCUT2D eigenvalue weighted by atomic mass is 35.5. The fourth-order valence-electron chi connectivity index (χ4n) is 1.07. The lowest BCUT2D eigenvalue weighted by Gasteiger charge is -2.23. The second-order valence-corrected chi connectivity index (χ2v) is 5.26. The van der Waals surface area contributed by atoms with Crippen LogP contribution in [0.3, 0.4) is 0 Å². The number of hydrogen-bond donors (Lipinski definition) is 2. The number of nitrogens with one attached hydrogen (secondary N) is 2. The molecule has 2 amide bonds. The molecular weight excluding hydrogens is 228 g/mol. The average molecular weight is 247 g/mol. The topological polar surface area (TPSA) is 58.2 Å². The number of alkyl halides is 1. The van der Waals surface area contributed by atoms with E-state index in [-0.39, 0.29) is 17.7 Å². The summed E-state index contributed by atoms with van der Waals surface area (Å²) in [5.74, 6) is -0.0855. The quantitative estimate of drug-likeness (QED) is 0.712. The summed E-state index contributed by atoms with van der Waals surface area (Å²) in [6.07, 6.45) is 2.08. The predicted octanol–water partition coefficient (Wildman–Crippen LogP) is 1.03. The van der Waals surface area contributed by atoms with E-state index in [0.29, 0.717) is 6.04 Å². The number of rotatable bonds is 5. The molecule has 1 atom stereocenters. The van der Waals surface area contributed by atoms with E-state index in [0.717, 1.165) is 12.8 Å². The van der Waals surface area contributed by atoms with Gasteiger partial charge >= 0.3 is 0 Å². The Labute approximate surface area is 101 Å². The Bertz CT molecular complexity index is 288. The van der Waals surface area contributed by atoms with Crippen LogP contribution in [0.1, 0.15) is 33.6 Å². The number of carbonyl (C=O) groups excluding carboxylic acids is 2. The van der Waals surface area contributed by atoms with Gasteiger partial charge in [0.15, 0.2) is 0 Å². The number of amides is 2. The first kappa shape index (κ1) is 13.3. The Kier molecular flexibility index (Phi) is 4.19. The number of halogens is 1. The van der Waals surface area contributed by atoms with Gasteiger partial charge in [-0.3, -0.25) is 9.59 Å². The summed E-state index contributed by atoms with van der Waals surface area (Å²) in [7, 11) is 0. The average Bonchev–Trinajstić information content (AvgIpc) is 3.01. The molecule has 0 aromatic heterocycles. The van der Waals surface area contributed by atoms with Crippen LogP contribution in [0.4, 0.5) is 0 Å². The van der Waals surface area contributed by atoms with Gasteiger partial charge in [-0.15, -0.1) is 11.6 Å². The molecule has 92 valence electrons. The summed E-state index contributed by atoms with van der Waals surface area (Å²) in [6.45, 7) is 5.18. The van der Waals surface area contributed by atoms with Crippen LogP contribution in [-0.4, -0.2) is 29.8 Å². The maximum absolute atomic E-state index is 11.7. The van der Waals surface area contributed by atoms with E-state index in [4.69, 9.17) is 11.6 Å². The zero-order valence-electron chi connectivity index (χ0n) is 9.97. The van der Waals surface area contributed by atoms with Crippen molar-refractivity contribution < 1.29 is 9.59 Å². The van der Waals surface area contributed by atoms with Crippen molar-refractivity contribution in [2.75, 3.05) is 5.88 Å². The second kappa shape index (κ2) is 5.04. The normalized spacial score (nSPS) is 17.8. The molecule has 0 radical (unpaired) electrons. The lowest BCUT2D eigenvalue weighted by Crippen LogP contribution is -2.49. The zero-order chi connectivity index (χ0) is 12.3. The number of hydrogen-bond acceptors (Lipinski definition) is 2. The summed E-state index contributed by atoms with van der Waals surface area (Å²) in [5, 5.41) is 5.51. The first-order chi connectivity index (χ1) is 7.36. The number of carbonyl (C=O) groups is 2.